The number of para-hydroxylation sites is 1. The lowest BCUT2D eigenvalue weighted by Gasteiger charge is -2.06. The van der Waals surface area contributed by atoms with Crippen molar-refractivity contribution in [1.82, 2.24) is 10.2 Å². The Hall–Kier alpha value is -2.74. The highest BCUT2D eigenvalue weighted by atomic mass is 32.2. The molecule has 0 N–H and O–H groups in total. The molecule has 1 aromatic carbocycles. The van der Waals surface area contributed by atoms with Crippen LogP contribution < -0.4 is 4.74 Å². The molecule has 25 heavy (non-hydrogen) atoms. The number of aromatic nitrogens is 2. The number of ether oxygens (including phenoxy) is 2. The number of nitrogens with zero attached hydrogens (tertiary/aromatic N) is 2. The van der Waals surface area contributed by atoms with Gasteiger partial charge in [-0.15, -0.1) is 10.2 Å². The maximum absolute atomic E-state index is 11.6. The van der Waals surface area contributed by atoms with Crippen molar-refractivity contribution in [2.45, 2.75) is 17.9 Å². The van der Waals surface area contributed by atoms with Gasteiger partial charge in [0.05, 0.1) is 31.3 Å². The maximum Gasteiger partial charge on any atom is 0.341 e. The highest BCUT2D eigenvalue weighted by Crippen LogP contribution is 2.32. The molecule has 0 atom stereocenters. The molecule has 7 nitrogen and oxygen atoms in total. The molecule has 0 saturated carbocycles. The molecular weight excluding hydrogens is 344 g/mol. The zero-order valence-electron chi connectivity index (χ0n) is 13.7. The van der Waals surface area contributed by atoms with Gasteiger partial charge in [0.25, 0.3) is 11.1 Å². The SMILES string of the molecule is CCOc1ccccc1-c1nnc(SCc2occc2C(=O)OC)o1. The molecule has 130 valence electrons. The van der Waals surface area contributed by atoms with Gasteiger partial charge < -0.3 is 18.3 Å². The molecule has 8 heteroatoms. The number of esters is 1. The van der Waals surface area contributed by atoms with Crippen LogP contribution in [0.25, 0.3) is 11.5 Å². The van der Waals surface area contributed by atoms with Gasteiger partial charge in [0.2, 0.25) is 0 Å². The van der Waals surface area contributed by atoms with Crippen LogP contribution >= 0.6 is 11.8 Å². The minimum Gasteiger partial charge on any atom is -0.493 e. The molecule has 2 heterocycles. The Bertz CT molecular complexity index is 858. The van der Waals surface area contributed by atoms with E-state index in [1.54, 1.807) is 6.07 Å². The van der Waals surface area contributed by atoms with Gasteiger partial charge in [-0.05, 0) is 25.1 Å². The zero-order chi connectivity index (χ0) is 17.6. The smallest absolute Gasteiger partial charge is 0.341 e. The molecule has 0 aliphatic heterocycles. The number of methoxy groups -OCH3 is 1. The average molecular weight is 360 g/mol. The number of benzene rings is 1. The molecule has 3 rings (SSSR count). The first-order chi connectivity index (χ1) is 12.2. The first kappa shape index (κ1) is 17.1. The zero-order valence-corrected chi connectivity index (χ0v) is 14.5. The summed E-state index contributed by atoms with van der Waals surface area (Å²) in [5, 5.41) is 8.45. The minimum absolute atomic E-state index is 0.367. The first-order valence-corrected chi connectivity index (χ1v) is 8.54. The molecule has 0 unspecified atom stereocenters. The van der Waals surface area contributed by atoms with E-state index in [0.717, 1.165) is 5.56 Å². The Balaban J connectivity index is 1.73. The normalized spacial score (nSPS) is 10.6. The lowest BCUT2D eigenvalue weighted by atomic mass is 10.2. The third-order valence-electron chi connectivity index (χ3n) is 3.30. The Labute approximate surface area is 148 Å². The first-order valence-electron chi connectivity index (χ1n) is 7.56. The summed E-state index contributed by atoms with van der Waals surface area (Å²) in [5.74, 6) is 1.47. The van der Waals surface area contributed by atoms with Crippen LogP contribution in [0.4, 0.5) is 0 Å². The van der Waals surface area contributed by atoms with Crippen LogP contribution in [0.3, 0.4) is 0 Å². The summed E-state index contributed by atoms with van der Waals surface area (Å²) in [4.78, 5) is 11.6. The van der Waals surface area contributed by atoms with Crippen molar-refractivity contribution < 1.29 is 23.1 Å². The van der Waals surface area contributed by atoms with Crippen molar-refractivity contribution in [2.75, 3.05) is 13.7 Å². The summed E-state index contributed by atoms with van der Waals surface area (Å²) in [6.45, 7) is 2.45. The van der Waals surface area contributed by atoms with Crippen LogP contribution in [-0.4, -0.2) is 29.9 Å². The summed E-state index contributed by atoms with van der Waals surface area (Å²) in [5.41, 5.74) is 1.12. The average Bonchev–Trinajstić information content (AvgIpc) is 3.29. The summed E-state index contributed by atoms with van der Waals surface area (Å²) in [6.07, 6.45) is 1.44. The highest BCUT2D eigenvalue weighted by Gasteiger charge is 2.18. The predicted molar refractivity (Wildman–Crippen MR) is 90.5 cm³/mol. The van der Waals surface area contributed by atoms with Crippen LogP contribution in [0.1, 0.15) is 23.0 Å². The highest BCUT2D eigenvalue weighted by molar-refractivity contribution is 7.98. The van der Waals surface area contributed by atoms with Crippen LogP contribution in [0, 0.1) is 0 Å². The maximum atomic E-state index is 11.6. The summed E-state index contributed by atoms with van der Waals surface area (Å²) >= 11 is 1.27. The largest absolute Gasteiger partial charge is 0.493 e. The molecule has 2 aromatic heterocycles. The van der Waals surface area contributed by atoms with Crippen LogP contribution in [-0.2, 0) is 10.5 Å². The van der Waals surface area contributed by atoms with E-state index in [4.69, 9.17) is 18.3 Å². The van der Waals surface area contributed by atoms with E-state index in [1.807, 2.05) is 31.2 Å². The second kappa shape index (κ2) is 7.89. The molecule has 0 saturated heterocycles. The van der Waals surface area contributed by atoms with Crippen LogP contribution in [0.2, 0.25) is 0 Å². The Morgan fingerprint density at radius 3 is 2.88 bits per heavy atom. The Morgan fingerprint density at radius 2 is 2.08 bits per heavy atom. The summed E-state index contributed by atoms with van der Waals surface area (Å²) in [6, 6.07) is 9.03. The van der Waals surface area contributed by atoms with Gasteiger partial charge >= 0.3 is 5.97 Å². The number of furan rings is 1. The molecule has 0 fully saturated rings. The number of carbonyl (C=O) groups is 1. The van der Waals surface area contributed by atoms with Crippen LogP contribution in [0.15, 0.2) is 50.7 Å². The van der Waals surface area contributed by atoms with E-state index in [0.29, 0.717) is 40.5 Å². The molecule has 3 aromatic rings. The van der Waals surface area contributed by atoms with Gasteiger partial charge in [-0.3, -0.25) is 0 Å². The summed E-state index contributed by atoms with van der Waals surface area (Å²) in [7, 11) is 1.33. The molecular formula is C17H16N2O5S. The van der Waals surface area contributed by atoms with Gasteiger partial charge in [-0.25, -0.2) is 4.79 Å². The van der Waals surface area contributed by atoms with Crippen molar-refractivity contribution in [3.63, 3.8) is 0 Å². The van der Waals surface area contributed by atoms with Crippen molar-refractivity contribution in [3.8, 4) is 17.2 Å². The Morgan fingerprint density at radius 1 is 1.24 bits per heavy atom. The lowest BCUT2D eigenvalue weighted by molar-refractivity contribution is 0.0598. The van der Waals surface area contributed by atoms with Crippen molar-refractivity contribution in [1.29, 1.82) is 0 Å². The van der Waals surface area contributed by atoms with E-state index >= 15 is 0 Å². The van der Waals surface area contributed by atoms with Gasteiger partial charge in [0, 0.05) is 0 Å². The fraction of sp³-hybridized carbons (Fsp3) is 0.235. The van der Waals surface area contributed by atoms with Gasteiger partial charge in [0.15, 0.2) is 0 Å². The lowest BCUT2D eigenvalue weighted by Crippen LogP contribution is -2.02. The van der Waals surface area contributed by atoms with Gasteiger partial charge in [-0.1, -0.05) is 23.9 Å². The van der Waals surface area contributed by atoms with Crippen molar-refractivity contribution in [3.05, 3.63) is 47.9 Å². The number of thioether (sulfide) groups is 1. The van der Waals surface area contributed by atoms with E-state index in [9.17, 15) is 4.79 Å². The fourth-order valence-corrected chi connectivity index (χ4v) is 2.89. The molecule has 0 bridgehead atoms. The quantitative estimate of drug-likeness (QED) is 0.464. The van der Waals surface area contributed by atoms with Gasteiger partial charge in [-0.2, -0.15) is 0 Å². The number of rotatable bonds is 7. The fourth-order valence-electron chi connectivity index (χ4n) is 2.17. The topological polar surface area (TPSA) is 87.6 Å². The standard InChI is InChI=1S/C17H16N2O5S/c1-3-22-13-7-5-4-6-11(13)15-18-19-17(24-15)25-10-14-12(8-9-23-14)16(20)21-2/h4-9H,3,10H2,1-2H3. The third-order valence-corrected chi connectivity index (χ3v) is 4.12. The number of hydrogen-bond donors (Lipinski definition) is 0. The molecule has 0 spiro atoms. The molecule has 0 aliphatic rings. The molecule has 0 radical (unpaired) electrons. The van der Waals surface area contributed by atoms with E-state index < -0.39 is 5.97 Å². The van der Waals surface area contributed by atoms with Gasteiger partial charge in [0.1, 0.15) is 17.1 Å². The monoisotopic (exact) mass is 360 g/mol. The molecule has 0 aliphatic carbocycles. The van der Waals surface area contributed by atoms with E-state index in [2.05, 4.69) is 10.2 Å². The summed E-state index contributed by atoms with van der Waals surface area (Å²) < 4.78 is 21.3. The number of carbonyl (C=O) groups excluding carboxylic acids is 1. The van der Waals surface area contributed by atoms with Crippen LogP contribution in [0.5, 0.6) is 5.75 Å². The number of hydrogen-bond acceptors (Lipinski definition) is 8. The van der Waals surface area contributed by atoms with Crippen molar-refractivity contribution in [2.24, 2.45) is 0 Å². The van der Waals surface area contributed by atoms with E-state index in [1.165, 1.54) is 25.1 Å². The minimum atomic E-state index is -0.443. The van der Waals surface area contributed by atoms with Crippen molar-refractivity contribution >= 4 is 17.7 Å². The second-order valence-corrected chi connectivity index (χ2v) is 5.77. The predicted octanol–water partition coefficient (Wildman–Crippen LogP) is 3.81. The second-order valence-electron chi connectivity index (χ2n) is 4.84. The third kappa shape index (κ3) is 3.85. The molecule has 0 amide bonds. The Kier molecular flexibility index (Phi) is 5.39. The van der Waals surface area contributed by atoms with E-state index in [-0.39, 0.29) is 0 Å².